The van der Waals surface area contributed by atoms with Crippen LogP contribution < -0.4 is 4.90 Å². The Morgan fingerprint density at radius 1 is 1.14 bits per heavy atom. The van der Waals surface area contributed by atoms with Gasteiger partial charge in [0.25, 0.3) is 0 Å². The Morgan fingerprint density at radius 2 is 1.82 bits per heavy atom. The predicted molar refractivity (Wildman–Crippen MR) is 85.2 cm³/mol. The molecule has 116 valence electrons. The zero-order valence-electron chi connectivity index (χ0n) is 12.4. The van der Waals surface area contributed by atoms with Crippen molar-refractivity contribution in [2.75, 3.05) is 11.9 Å². The van der Waals surface area contributed by atoms with E-state index in [4.69, 9.17) is 4.42 Å². The maximum Gasteiger partial charge on any atom is 0.231 e. The number of anilines is 2. The SMILES string of the molecule is Cc1occc1-c1nnc(N(C)c2ccc(F)cc2)n1C.Cl. The molecule has 7 heteroatoms. The van der Waals surface area contributed by atoms with E-state index in [1.165, 1.54) is 12.1 Å². The van der Waals surface area contributed by atoms with Crippen LogP contribution in [0.4, 0.5) is 16.0 Å². The molecule has 0 amide bonds. The Kier molecular flexibility index (Phi) is 4.51. The lowest BCUT2D eigenvalue weighted by Crippen LogP contribution is -2.14. The van der Waals surface area contributed by atoms with Gasteiger partial charge < -0.3 is 9.32 Å². The maximum absolute atomic E-state index is 13.0. The second kappa shape index (κ2) is 6.19. The van der Waals surface area contributed by atoms with Crippen molar-refractivity contribution in [3.8, 4) is 11.4 Å². The first-order valence-electron chi connectivity index (χ1n) is 6.51. The van der Waals surface area contributed by atoms with E-state index in [2.05, 4.69) is 10.2 Å². The van der Waals surface area contributed by atoms with Crippen molar-refractivity contribution in [1.29, 1.82) is 0 Å². The molecule has 3 rings (SSSR count). The number of furan rings is 1. The van der Waals surface area contributed by atoms with Gasteiger partial charge in [-0.15, -0.1) is 22.6 Å². The predicted octanol–water partition coefficient (Wildman–Crippen LogP) is 3.71. The number of halogens is 2. The highest BCUT2D eigenvalue weighted by Gasteiger charge is 2.17. The van der Waals surface area contributed by atoms with Crippen LogP contribution in [0.2, 0.25) is 0 Å². The van der Waals surface area contributed by atoms with Crippen molar-refractivity contribution in [3.05, 3.63) is 48.2 Å². The molecule has 1 aromatic carbocycles. The van der Waals surface area contributed by atoms with Crippen molar-refractivity contribution >= 4 is 24.0 Å². The van der Waals surface area contributed by atoms with Gasteiger partial charge in [-0.05, 0) is 37.3 Å². The summed E-state index contributed by atoms with van der Waals surface area (Å²) < 4.78 is 20.2. The van der Waals surface area contributed by atoms with E-state index in [-0.39, 0.29) is 18.2 Å². The highest BCUT2D eigenvalue weighted by molar-refractivity contribution is 5.85. The number of hydrogen-bond acceptors (Lipinski definition) is 4. The summed E-state index contributed by atoms with van der Waals surface area (Å²) in [7, 11) is 3.75. The van der Waals surface area contributed by atoms with Crippen LogP contribution in [0.15, 0.2) is 41.0 Å². The normalized spacial score (nSPS) is 10.4. The Balaban J connectivity index is 0.00000176. The Morgan fingerprint density at radius 3 is 2.41 bits per heavy atom. The molecule has 0 aliphatic heterocycles. The first-order chi connectivity index (χ1) is 10.1. The molecule has 0 atom stereocenters. The summed E-state index contributed by atoms with van der Waals surface area (Å²) in [5.41, 5.74) is 1.74. The Bertz CT molecular complexity index is 766. The average Bonchev–Trinajstić information content (AvgIpc) is 3.05. The van der Waals surface area contributed by atoms with Gasteiger partial charge >= 0.3 is 0 Å². The maximum atomic E-state index is 13.0. The first-order valence-corrected chi connectivity index (χ1v) is 6.51. The fraction of sp³-hybridized carbons (Fsp3) is 0.200. The minimum atomic E-state index is -0.264. The Hall–Kier alpha value is -2.34. The van der Waals surface area contributed by atoms with E-state index in [1.807, 2.05) is 36.6 Å². The molecule has 0 spiro atoms. The molecule has 5 nitrogen and oxygen atoms in total. The molecular weight excluding hydrogens is 307 g/mol. The largest absolute Gasteiger partial charge is 0.469 e. The molecule has 0 fully saturated rings. The van der Waals surface area contributed by atoms with Crippen molar-refractivity contribution in [2.45, 2.75) is 6.92 Å². The fourth-order valence-electron chi connectivity index (χ4n) is 2.24. The van der Waals surface area contributed by atoms with E-state index in [0.29, 0.717) is 5.95 Å². The fourth-order valence-corrected chi connectivity index (χ4v) is 2.24. The van der Waals surface area contributed by atoms with Crippen molar-refractivity contribution in [3.63, 3.8) is 0 Å². The first kappa shape index (κ1) is 16.0. The van der Waals surface area contributed by atoms with Crippen molar-refractivity contribution in [1.82, 2.24) is 14.8 Å². The molecular formula is C15H16ClFN4O. The van der Waals surface area contributed by atoms with Crippen LogP contribution in [-0.4, -0.2) is 21.8 Å². The number of aryl methyl sites for hydroxylation is 1. The molecule has 2 aromatic heterocycles. The number of benzene rings is 1. The molecule has 22 heavy (non-hydrogen) atoms. The highest BCUT2D eigenvalue weighted by Crippen LogP contribution is 2.27. The molecule has 0 unspecified atom stereocenters. The Labute approximate surface area is 133 Å². The molecule has 0 N–H and O–H groups in total. The van der Waals surface area contributed by atoms with Gasteiger partial charge in [0.05, 0.1) is 11.8 Å². The molecule has 0 radical (unpaired) electrons. The van der Waals surface area contributed by atoms with E-state index in [0.717, 1.165) is 22.8 Å². The van der Waals surface area contributed by atoms with Crippen LogP contribution in [0.3, 0.4) is 0 Å². The number of hydrogen-bond donors (Lipinski definition) is 0. The van der Waals surface area contributed by atoms with Crippen LogP contribution in [0.5, 0.6) is 0 Å². The summed E-state index contributed by atoms with van der Waals surface area (Å²) >= 11 is 0. The molecule has 0 saturated heterocycles. The standard InChI is InChI=1S/C15H15FN4O.ClH/c1-10-13(8-9-21-10)14-17-18-15(20(14)3)19(2)12-6-4-11(16)5-7-12;/h4-9H,1-3H3;1H. The van der Waals surface area contributed by atoms with Crippen LogP contribution in [0.1, 0.15) is 5.76 Å². The zero-order valence-corrected chi connectivity index (χ0v) is 13.3. The van der Waals surface area contributed by atoms with Crippen LogP contribution in [-0.2, 0) is 7.05 Å². The van der Waals surface area contributed by atoms with Gasteiger partial charge in [0.15, 0.2) is 5.82 Å². The molecule has 2 heterocycles. The third-order valence-electron chi connectivity index (χ3n) is 3.47. The zero-order chi connectivity index (χ0) is 15.0. The third kappa shape index (κ3) is 2.69. The quantitative estimate of drug-likeness (QED) is 0.737. The summed E-state index contributed by atoms with van der Waals surface area (Å²) in [6, 6.07) is 8.10. The smallest absolute Gasteiger partial charge is 0.231 e. The highest BCUT2D eigenvalue weighted by atomic mass is 35.5. The number of aromatic nitrogens is 3. The summed E-state index contributed by atoms with van der Waals surface area (Å²) in [5, 5.41) is 8.44. The van der Waals surface area contributed by atoms with Crippen molar-refractivity contribution < 1.29 is 8.81 Å². The van der Waals surface area contributed by atoms with E-state index < -0.39 is 0 Å². The summed E-state index contributed by atoms with van der Waals surface area (Å²) in [4.78, 5) is 1.85. The number of nitrogens with zero attached hydrogens (tertiary/aromatic N) is 4. The monoisotopic (exact) mass is 322 g/mol. The van der Waals surface area contributed by atoms with Crippen LogP contribution in [0.25, 0.3) is 11.4 Å². The second-order valence-corrected chi connectivity index (χ2v) is 4.81. The second-order valence-electron chi connectivity index (χ2n) is 4.81. The molecule has 0 aliphatic carbocycles. The topological polar surface area (TPSA) is 47.1 Å². The van der Waals surface area contributed by atoms with Crippen LogP contribution in [0, 0.1) is 12.7 Å². The lowest BCUT2D eigenvalue weighted by Gasteiger charge is -2.17. The summed E-state index contributed by atoms with van der Waals surface area (Å²) in [6.07, 6.45) is 1.63. The van der Waals surface area contributed by atoms with E-state index in [1.54, 1.807) is 18.4 Å². The number of rotatable bonds is 3. The molecule has 0 saturated carbocycles. The third-order valence-corrected chi connectivity index (χ3v) is 3.47. The summed E-state index contributed by atoms with van der Waals surface area (Å²) in [6.45, 7) is 1.88. The van der Waals surface area contributed by atoms with Gasteiger partial charge in [-0.2, -0.15) is 0 Å². The lowest BCUT2D eigenvalue weighted by atomic mass is 10.2. The van der Waals surface area contributed by atoms with Gasteiger partial charge in [-0.3, -0.25) is 4.57 Å². The van der Waals surface area contributed by atoms with Gasteiger partial charge in [0.2, 0.25) is 5.95 Å². The molecule has 0 aliphatic rings. The van der Waals surface area contributed by atoms with Gasteiger partial charge in [-0.1, -0.05) is 0 Å². The molecule has 0 bridgehead atoms. The summed E-state index contributed by atoms with van der Waals surface area (Å²) in [5.74, 6) is 1.92. The average molecular weight is 323 g/mol. The van der Waals surface area contributed by atoms with E-state index >= 15 is 0 Å². The van der Waals surface area contributed by atoms with Gasteiger partial charge in [0, 0.05) is 19.8 Å². The van der Waals surface area contributed by atoms with E-state index in [9.17, 15) is 4.39 Å². The van der Waals surface area contributed by atoms with Crippen LogP contribution >= 0.6 is 12.4 Å². The van der Waals surface area contributed by atoms with Gasteiger partial charge in [-0.25, -0.2) is 4.39 Å². The van der Waals surface area contributed by atoms with Gasteiger partial charge in [0.1, 0.15) is 11.6 Å². The minimum Gasteiger partial charge on any atom is -0.469 e. The van der Waals surface area contributed by atoms with Crippen molar-refractivity contribution in [2.24, 2.45) is 7.05 Å². The lowest BCUT2D eigenvalue weighted by molar-refractivity contribution is 0.535. The molecule has 3 aromatic rings. The minimum absolute atomic E-state index is 0.